The fraction of sp³-hybridized carbons (Fsp3) is 0.0714. The number of hydrogen-bond donors (Lipinski definition) is 2. The lowest BCUT2D eigenvalue weighted by molar-refractivity contribution is -0.113. The van der Waals surface area contributed by atoms with Crippen LogP contribution in [0.4, 0.5) is 11.4 Å². The Balaban J connectivity index is 2.08. The predicted octanol–water partition coefficient (Wildman–Crippen LogP) is 3.32. The summed E-state index contributed by atoms with van der Waals surface area (Å²) in [7, 11) is -1.43. The number of rotatable bonds is 4. The molecule has 0 bridgehead atoms. The average molecular weight is 343 g/mol. The van der Waals surface area contributed by atoms with E-state index in [0.717, 1.165) is 0 Å². The van der Waals surface area contributed by atoms with Gasteiger partial charge in [0.05, 0.1) is 26.5 Å². The summed E-state index contributed by atoms with van der Waals surface area (Å²) in [5, 5.41) is 3.03. The molecule has 2 aromatic carbocycles. The van der Waals surface area contributed by atoms with E-state index in [2.05, 4.69) is 5.32 Å². The number of nitrogens with two attached hydrogens (primary N) is 1. The van der Waals surface area contributed by atoms with Crippen LogP contribution in [-0.2, 0) is 15.6 Å². The molecule has 0 aliphatic heterocycles. The molecule has 0 fully saturated rings. The van der Waals surface area contributed by atoms with Crippen molar-refractivity contribution in [2.75, 3.05) is 16.8 Å². The van der Waals surface area contributed by atoms with Crippen molar-refractivity contribution in [2.24, 2.45) is 0 Å². The Bertz CT molecular complexity index is 670. The van der Waals surface area contributed by atoms with Crippen LogP contribution in [0.3, 0.4) is 0 Å². The third-order valence-corrected chi connectivity index (χ3v) is 4.52. The maximum Gasteiger partial charge on any atom is 0.237 e. The van der Waals surface area contributed by atoms with E-state index < -0.39 is 16.7 Å². The van der Waals surface area contributed by atoms with Gasteiger partial charge in [-0.15, -0.1) is 0 Å². The summed E-state index contributed by atoms with van der Waals surface area (Å²) in [5.41, 5.74) is 6.25. The number of benzene rings is 2. The monoisotopic (exact) mass is 342 g/mol. The molecule has 0 aliphatic rings. The van der Waals surface area contributed by atoms with E-state index >= 15 is 0 Å². The molecule has 7 heteroatoms. The van der Waals surface area contributed by atoms with Crippen molar-refractivity contribution >= 4 is 51.3 Å². The topological polar surface area (TPSA) is 72.2 Å². The first kappa shape index (κ1) is 15.8. The number of carbonyl (C=O) groups is 1. The molecule has 0 radical (unpaired) electrons. The number of anilines is 2. The van der Waals surface area contributed by atoms with Gasteiger partial charge in [-0.3, -0.25) is 9.00 Å². The summed E-state index contributed by atoms with van der Waals surface area (Å²) in [4.78, 5) is 12.5. The molecule has 110 valence electrons. The number of carbonyl (C=O) groups excluding carboxylic acids is 1. The van der Waals surface area contributed by atoms with Crippen LogP contribution in [0.2, 0.25) is 10.0 Å². The van der Waals surface area contributed by atoms with E-state index in [9.17, 15) is 9.00 Å². The van der Waals surface area contributed by atoms with Crippen molar-refractivity contribution < 1.29 is 9.00 Å². The van der Waals surface area contributed by atoms with Gasteiger partial charge in [0.1, 0.15) is 5.75 Å². The summed E-state index contributed by atoms with van der Waals surface area (Å²) >= 11 is 12.0. The normalized spacial score (nSPS) is 11.9. The molecule has 0 spiro atoms. The van der Waals surface area contributed by atoms with E-state index in [4.69, 9.17) is 28.9 Å². The van der Waals surface area contributed by atoms with Gasteiger partial charge in [-0.25, -0.2) is 0 Å². The van der Waals surface area contributed by atoms with Gasteiger partial charge in [-0.2, -0.15) is 0 Å². The minimum absolute atomic E-state index is 0.180. The second-order valence-electron chi connectivity index (χ2n) is 4.21. The predicted molar refractivity (Wildman–Crippen MR) is 87.2 cm³/mol. The molecular formula is C14H12Cl2N2O2S. The third kappa shape index (κ3) is 4.20. The first-order valence-corrected chi connectivity index (χ1v) is 8.02. The zero-order chi connectivity index (χ0) is 15.4. The lowest BCUT2D eigenvalue weighted by Crippen LogP contribution is -2.20. The van der Waals surface area contributed by atoms with Gasteiger partial charge >= 0.3 is 0 Å². The molecule has 2 aromatic rings. The molecule has 1 unspecified atom stereocenters. The highest BCUT2D eigenvalue weighted by atomic mass is 35.5. The van der Waals surface area contributed by atoms with Crippen molar-refractivity contribution in [3.63, 3.8) is 0 Å². The minimum atomic E-state index is -1.43. The second kappa shape index (κ2) is 6.93. The highest BCUT2D eigenvalue weighted by molar-refractivity contribution is 7.85. The second-order valence-corrected chi connectivity index (χ2v) is 6.48. The smallest absolute Gasteiger partial charge is 0.237 e. The Labute approximate surface area is 134 Å². The van der Waals surface area contributed by atoms with Crippen molar-refractivity contribution in [1.29, 1.82) is 0 Å². The molecular weight excluding hydrogens is 331 g/mol. The van der Waals surface area contributed by atoms with Crippen LogP contribution in [0, 0.1) is 0 Å². The minimum Gasteiger partial charge on any atom is -0.399 e. The molecule has 0 heterocycles. The first-order valence-electron chi connectivity index (χ1n) is 5.95. The molecule has 0 aliphatic carbocycles. The van der Waals surface area contributed by atoms with Crippen molar-refractivity contribution in [2.45, 2.75) is 4.90 Å². The van der Waals surface area contributed by atoms with Gasteiger partial charge in [0.25, 0.3) is 0 Å². The molecule has 0 saturated carbocycles. The maximum atomic E-state index is 12.0. The van der Waals surface area contributed by atoms with Crippen molar-refractivity contribution in [1.82, 2.24) is 0 Å². The van der Waals surface area contributed by atoms with Crippen LogP contribution in [-0.4, -0.2) is 15.9 Å². The number of hydrogen-bond acceptors (Lipinski definition) is 3. The van der Waals surface area contributed by atoms with E-state index in [-0.39, 0.29) is 21.5 Å². The van der Waals surface area contributed by atoms with E-state index in [0.29, 0.717) is 10.6 Å². The van der Waals surface area contributed by atoms with E-state index in [1.807, 2.05) is 6.07 Å². The summed E-state index contributed by atoms with van der Waals surface area (Å²) in [6, 6.07) is 11.7. The number of nitrogens with one attached hydrogen (secondary N) is 1. The quantitative estimate of drug-likeness (QED) is 0.837. The fourth-order valence-corrected chi connectivity index (χ4v) is 3.20. The summed E-state index contributed by atoms with van der Waals surface area (Å²) < 4.78 is 12.0. The molecule has 3 N–H and O–H groups in total. The highest BCUT2D eigenvalue weighted by Gasteiger charge is 2.14. The highest BCUT2D eigenvalue weighted by Crippen LogP contribution is 2.32. The van der Waals surface area contributed by atoms with E-state index in [1.54, 1.807) is 24.3 Å². The van der Waals surface area contributed by atoms with Gasteiger partial charge in [0.2, 0.25) is 5.91 Å². The SMILES string of the molecule is Nc1cc(Cl)c(NC(=O)CS(=O)c2ccccc2)c(Cl)c1. The number of amides is 1. The molecule has 1 amide bonds. The standard InChI is InChI=1S/C14H12Cl2N2O2S/c15-11-6-9(17)7-12(16)14(11)18-13(19)8-21(20)10-4-2-1-3-5-10/h1-7H,8,17H2,(H,18,19). The van der Waals surface area contributed by atoms with Gasteiger partial charge < -0.3 is 11.1 Å². The fourth-order valence-electron chi connectivity index (χ4n) is 1.66. The Morgan fingerprint density at radius 3 is 2.29 bits per heavy atom. The summed E-state index contributed by atoms with van der Waals surface area (Å²) in [6.45, 7) is 0. The first-order chi connectivity index (χ1) is 9.97. The molecule has 1 atom stereocenters. The number of halogens is 2. The van der Waals surface area contributed by atoms with Crippen molar-refractivity contribution in [3.05, 3.63) is 52.5 Å². The van der Waals surface area contributed by atoms with E-state index in [1.165, 1.54) is 12.1 Å². The van der Waals surface area contributed by atoms with Crippen LogP contribution >= 0.6 is 23.2 Å². The zero-order valence-corrected chi connectivity index (χ0v) is 13.1. The van der Waals surface area contributed by atoms with Crippen LogP contribution in [0.1, 0.15) is 0 Å². The van der Waals surface area contributed by atoms with Crippen LogP contribution in [0.15, 0.2) is 47.4 Å². The summed E-state index contributed by atoms with van der Waals surface area (Å²) in [6.07, 6.45) is 0. The van der Waals surface area contributed by atoms with Crippen LogP contribution < -0.4 is 11.1 Å². The molecule has 0 aromatic heterocycles. The molecule has 0 saturated heterocycles. The van der Waals surface area contributed by atoms with Gasteiger partial charge in [0.15, 0.2) is 0 Å². The Morgan fingerprint density at radius 1 is 1.14 bits per heavy atom. The Hall–Kier alpha value is -1.56. The lowest BCUT2D eigenvalue weighted by Gasteiger charge is -2.10. The zero-order valence-electron chi connectivity index (χ0n) is 10.8. The Kier molecular flexibility index (Phi) is 5.22. The van der Waals surface area contributed by atoms with Gasteiger partial charge in [-0.05, 0) is 24.3 Å². The van der Waals surface area contributed by atoms with Crippen LogP contribution in [0.25, 0.3) is 0 Å². The Morgan fingerprint density at radius 2 is 1.71 bits per heavy atom. The average Bonchev–Trinajstić information content (AvgIpc) is 2.43. The third-order valence-electron chi connectivity index (χ3n) is 2.60. The molecule has 21 heavy (non-hydrogen) atoms. The maximum absolute atomic E-state index is 12.0. The van der Waals surface area contributed by atoms with Crippen molar-refractivity contribution in [3.8, 4) is 0 Å². The molecule has 2 rings (SSSR count). The molecule has 4 nitrogen and oxygen atoms in total. The van der Waals surface area contributed by atoms with Crippen LogP contribution in [0.5, 0.6) is 0 Å². The van der Waals surface area contributed by atoms with Gasteiger partial charge in [-0.1, -0.05) is 41.4 Å². The largest absolute Gasteiger partial charge is 0.399 e. The van der Waals surface area contributed by atoms with Gasteiger partial charge in [0, 0.05) is 10.6 Å². The number of nitrogen functional groups attached to an aromatic ring is 1. The lowest BCUT2D eigenvalue weighted by atomic mass is 10.3. The summed E-state index contributed by atoms with van der Waals surface area (Å²) in [5.74, 6) is -0.619.